The summed E-state index contributed by atoms with van der Waals surface area (Å²) in [6.45, 7) is 14.7. The molecule has 0 unspecified atom stereocenters. The van der Waals surface area contributed by atoms with Crippen LogP contribution in [0.2, 0.25) is 0 Å². The van der Waals surface area contributed by atoms with E-state index in [2.05, 4.69) is 10.3 Å². The number of ether oxygens (including phenoxy) is 2. The summed E-state index contributed by atoms with van der Waals surface area (Å²) in [5.74, 6) is -0.349. The summed E-state index contributed by atoms with van der Waals surface area (Å²) < 4.78 is 23.5. The van der Waals surface area contributed by atoms with Crippen molar-refractivity contribution in [3.8, 4) is 5.75 Å². The average Bonchev–Trinajstić information content (AvgIpc) is 2.59. The van der Waals surface area contributed by atoms with Crippen molar-refractivity contribution >= 4 is 30.5 Å². The minimum absolute atomic E-state index is 0.0289. The number of nitrogens with one attached hydrogen (secondary N) is 1. The van der Waals surface area contributed by atoms with Gasteiger partial charge in [0.25, 0.3) is 0 Å². The molecule has 0 saturated carbocycles. The lowest BCUT2D eigenvalue weighted by molar-refractivity contribution is 0.0203. The Kier molecular flexibility index (Phi) is 7.55. The summed E-state index contributed by atoms with van der Waals surface area (Å²) in [7, 11) is -2.93. The van der Waals surface area contributed by atoms with Crippen molar-refractivity contribution in [2.45, 2.75) is 71.5 Å². The number of piperidine rings is 1. The molecule has 32 heavy (non-hydrogen) atoms. The van der Waals surface area contributed by atoms with Gasteiger partial charge in [-0.2, -0.15) is 0 Å². The molecule has 9 nitrogen and oxygen atoms in total. The zero-order valence-corrected chi connectivity index (χ0v) is 21.2. The molecule has 10 heteroatoms. The highest BCUT2D eigenvalue weighted by Crippen LogP contribution is 2.41. The number of hydrogen-bond donors (Lipinski definition) is 2. The molecule has 1 aliphatic heterocycles. The molecule has 0 spiro atoms. The Morgan fingerprint density at radius 1 is 1.09 bits per heavy atom. The molecular weight excluding hydrogens is 433 g/mol. The number of carbonyl (C=O) groups excluding carboxylic acids is 2. The molecule has 0 bridgehead atoms. The number of carbonyl (C=O) groups is 2. The Morgan fingerprint density at radius 3 is 2.09 bits per heavy atom. The second-order valence-corrected chi connectivity index (χ2v) is 13.6. The van der Waals surface area contributed by atoms with Crippen LogP contribution in [-0.2, 0) is 14.0 Å². The van der Waals surface area contributed by atoms with Crippen LogP contribution >= 0.6 is 7.14 Å². The zero-order valence-electron chi connectivity index (χ0n) is 20.3. The Morgan fingerprint density at radius 2 is 1.62 bits per heavy atom. The lowest BCUT2D eigenvalue weighted by atomic mass is 9.93. The molecule has 180 valence electrons. The molecule has 1 aliphatic rings. The van der Waals surface area contributed by atoms with Gasteiger partial charge in [0.2, 0.25) is 0 Å². The number of nitrogens with zero attached hydrogens (tertiary/aromatic N) is 2. The quantitative estimate of drug-likeness (QED) is 0.626. The maximum Gasteiger partial charge on any atom is 0.412 e. The fourth-order valence-electron chi connectivity index (χ4n) is 3.32. The van der Waals surface area contributed by atoms with Gasteiger partial charge in [-0.3, -0.25) is 5.32 Å². The number of rotatable bonds is 3. The van der Waals surface area contributed by atoms with Crippen LogP contribution in [-0.4, -0.2) is 64.8 Å². The summed E-state index contributed by atoms with van der Waals surface area (Å²) in [4.78, 5) is 30.8. The van der Waals surface area contributed by atoms with Gasteiger partial charge in [0.05, 0.1) is 5.69 Å². The molecule has 0 aromatic carbocycles. The predicted molar refractivity (Wildman–Crippen MR) is 125 cm³/mol. The third-order valence-corrected chi connectivity index (χ3v) is 6.04. The van der Waals surface area contributed by atoms with Gasteiger partial charge >= 0.3 is 12.2 Å². The summed E-state index contributed by atoms with van der Waals surface area (Å²) in [5, 5.41) is 13.2. The molecule has 0 radical (unpaired) electrons. The molecule has 0 aliphatic carbocycles. The van der Waals surface area contributed by atoms with Crippen molar-refractivity contribution in [2.75, 3.05) is 31.7 Å². The maximum atomic E-state index is 12.8. The minimum atomic E-state index is -2.93. The van der Waals surface area contributed by atoms with E-state index in [0.29, 0.717) is 31.6 Å². The second-order valence-electron chi connectivity index (χ2n) is 10.5. The van der Waals surface area contributed by atoms with Crippen molar-refractivity contribution < 1.29 is 28.7 Å². The molecular formula is C22H36N3O6P. The number of anilines is 1. The van der Waals surface area contributed by atoms with Gasteiger partial charge in [-0.25, -0.2) is 14.6 Å². The Bertz CT molecular complexity index is 905. The third-order valence-electron chi connectivity index (χ3n) is 4.70. The first-order valence-electron chi connectivity index (χ1n) is 10.7. The predicted octanol–water partition coefficient (Wildman–Crippen LogP) is 4.50. The van der Waals surface area contributed by atoms with Crippen molar-refractivity contribution in [3.63, 3.8) is 0 Å². The third kappa shape index (κ3) is 7.40. The Labute approximate surface area is 190 Å². The zero-order chi connectivity index (χ0) is 24.5. The van der Waals surface area contributed by atoms with Crippen LogP contribution in [0.1, 0.15) is 66.0 Å². The molecule has 1 saturated heterocycles. The van der Waals surface area contributed by atoms with E-state index in [1.807, 2.05) is 20.8 Å². The lowest BCUT2D eigenvalue weighted by Crippen LogP contribution is -2.41. The van der Waals surface area contributed by atoms with Gasteiger partial charge in [-0.1, -0.05) is 0 Å². The number of aromatic hydroxyl groups is 1. The molecule has 0 atom stereocenters. The summed E-state index contributed by atoms with van der Waals surface area (Å²) in [6, 6.07) is 1.59. The van der Waals surface area contributed by atoms with E-state index in [1.165, 1.54) is 13.3 Å². The molecule has 2 rings (SSSR count). The van der Waals surface area contributed by atoms with Crippen molar-refractivity contribution in [3.05, 3.63) is 11.8 Å². The van der Waals surface area contributed by atoms with Gasteiger partial charge in [-0.05, 0) is 73.8 Å². The van der Waals surface area contributed by atoms with Crippen molar-refractivity contribution in [1.82, 2.24) is 9.88 Å². The first-order valence-corrected chi connectivity index (χ1v) is 13.3. The first-order chi connectivity index (χ1) is 14.5. The maximum absolute atomic E-state index is 12.8. The number of aromatic nitrogens is 1. The van der Waals surface area contributed by atoms with Crippen LogP contribution in [0.15, 0.2) is 6.07 Å². The van der Waals surface area contributed by atoms with Crippen molar-refractivity contribution in [2.24, 2.45) is 0 Å². The average molecular weight is 470 g/mol. The van der Waals surface area contributed by atoms with Crippen LogP contribution in [0.4, 0.5) is 15.3 Å². The summed E-state index contributed by atoms with van der Waals surface area (Å²) in [5.41, 5.74) is -0.491. The summed E-state index contributed by atoms with van der Waals surface area (Å²) >= 11 is 0. The standard InChI is InChI=1S/C22H36N3O6P/c1-21(2,3)30-19(27)24-16-13-15(23-18(17(16)26)32(7,8)29)14-9-11-25(12-10-14)20(28)31-22(4,5)6/h13-14,26H,9-12H2,1-8H3,(H,23,24,27). The fraction of sp³-hybridized carbons (Fsp3) is 0.682. The van der Waals surface area contributed by atoms with E-state index in [-0.39, 0.29) is 28.9 Å². The van der Waals surface area contributed by atoms with E-state index < -0.39 is 24.4 Å². The van der Waals surface area contributed by atoms with E-state index in [9.17, 15) is 19.3 Å². The summed E-state index contributed by atoms with van der Waals surface area (Å²) in [6.07, 6.45) is 0.173. The van der Waals surface area contributed by atoms with E-state index in [0.717, 1.165) is 0 Å². The lowest BCUT2D eigenvalue weighted by Gasteiger charge is -2.33. The van der Waals surface area contributed by atoms with Gasteiger partial charge < -0.3 is 24.0 Å². The molecule has 2 heterocycles. The number of pyridine rings is 1. The molecule has 1 aromatic rings. The van der Waals surface area contributed by atoms with E-state index >= 15 is 0 Å². The second kappa shape index (κ2) is 9.30. The fourth-order valence-corrected chi connectivity index (χ4v) is 4.31. The van der Waals surface area contributed by atoms with E-state index in [1.54, 1.807) is 31.7 Å². The highest BCUT2D eigenvalue weighted by atomic mass is 31.2. The normalized spacial score (nSPS) is 15.9. The van der Waals surface area contributed by atoms with Gasteiger partial charge in [0.15, 0.2) is 5.75 Å². The molecule has 1 fully saturated rings. The Hall–Kier alpha value is -2.28. The Balaban J connectivity index is 2.26. The first kappa shape index (κ1) is 26.0. The van der Waals surface area contributed by atoms with E-state index in [4.69, 9.17) is 9.47 Å². The minimum Gasteiger partial charge on any atom is -0.504 e. The van der Waals surface area contributed by atoms with Crippen LogP contribution in [0.5, 0.6) is 5.75 Å². The number of hydrogen-bond acceptors (Lipinski definition) is 7. The highest BCUT2D eigenvalue weighted by molar-refractivity contribution is 7.70. The van der Waals surface area contributed by atoms with Crippen LogP contribution in [0.25, 0.3) is 0 Å². The largest absolute Gasteiger partial charge is 0.504 e. The van der Waals surface area contributed by atoms with Gasteiger partial charge in [0, 0.05) is 24.7 Å². The smallest absolute Gasteiger partial charge is 0.412 e. The molecule has 2 N–H and O–H groups in total. The van der Waals surface area contributed by atoms with Crippen molar-refractivity contribution in [1.29, 1.82) is 0 Å². The SMILES string of the molecule is CC(C)(C)OC(=O)Nc1cc(C2CCN(C(=O)OC(C)(C)C)CC2)nc(P(C)(C)=O)c1O. The van der Waals surface area contributed by atoms with Crippen LogP contribution < -0.4 is 10.8 Å². The highest BCUT2D eigenvalue weighted by Gasteiger charge is 2.31. The monoisotopic (exact) mass is 469 g/mol. The van der Waals surface area contributed by atoms with Crippen LogP contribution in [0, 0.1) is 0 Å². The number of amides is 2. The number of likely N-dealkylation sites (tertiary alicyclic amines) is 1. The topological polar surface area (TPSA) is 118 Å². The van der Waals surface area contributed by atoms with Crippen LogP contribution in [0.3, 0.4) is 0 Å². The molecule has 1 aromatic heterocycles. The molecule has 2 amide bonds. The van der Waals surface area contributed by atoms with Gasteiger partial charge in [-0.15, -0.1) is 0 Å². The van der Waals surface area contributed by atoms with Gasteiger partial charge in [0.1, 0.15) is 23.8 Å².